The van der Waals surface area contributed by atoms with Crippen molar-refractivity contribution in [2.75, 3.05) is 43.8 Å². The molecular formula is C42H51N5O5. The van der Waals surface area contributed by atoms with Gasteiger partial charge in [-0.3, -0.25) is 19.4 Å². The van der Waals surface area contributed by atoms with Crippen molar-refractivity contribution in [1.29, 1.82) is 0 Å². The number of hydrogen-bond acceptors (Lipinski definition) is 8. The number of nitrogens with zero attached hydrogens (tertiary/aromatic N) is 2. The summed E-state index contributed by atoms with van der Waals surface area (Å²) in [4.78, 5) is 29.8. The minimum absolute atomic E-state index is 0.00733. The van der Waals surface area contributed by atoms with Gasteiger partial charge < -0.3 is 30.9 Å². The number of ether oxygens (including phenoxy) is 2. The van der Waals surface area contributed by atoms with Gasteiger partial charge in [0.1, 0.15) is 0 Å². The van der Waals surface area contributed by atoms with Crippen LogP contribution >= 0.6 is 0 Å². The van der Waals surface area contributed by atoms with Gasteiger partial charge in [0.2, 0.25) is 11.8 Å². The van der Waals surface area contributed by atoms with E-state index in [1.165, 1.54) is 5.56 Å². The third-order valence-electron chi connectivity index (χ3n) is 9.82. The summed E-state index contributed by atoms with van der Waals surface area (Å²) in [5.41, 5.74) is 12.2. The van der Waals surface area contributed by atoms with Crippen LogP contribution in [0.2, 0.25) is 0 Å². The monoisotopic (exact) mass is 705 g/mol. The molecular weight excluding hydrogens is 654 g/mol. The molecule has 0 aliphatic carbocycles. The smallest absolute Gasteiger partial charge is 0.224 e. The zero-order chi connectivity index (χ0) is 36.1. The van der Waals surface area contributed by atoms with Crippen LogP contribution in [0.15, 0.2) is 103 Å². The van der Waals surface area contributed by atoms with E-state index >= 15 is 0 Å². The molecule has 274 valence electrons. The molecule has 5 N–H and O–H groups in total. The SMILES string of the molecule is Nc1ccccc1NC(=O)CCCCC(=O)NCc1ccc([C@H]2O[C@@H](CN3CCN(Cc4ccccc4)CC3)C[C@@H](c3ccc(CO)cc3)O2)cc1. The molecule has 2 heterocycles. The summed E-state index contributed by atoms with van der Waals surface area (Å²) in [5.74, 6) is -0.159. The Morgan fingerprint density at radius 2 is 1.35 bits per heavy atom. The number of nitrogen functional groups attached to an aromatic ring is 1. The standard InChI is InChI=1S/C42H51N5O5/c43-37-10-4-5-11-38(37)45-41(50)13-7-6-12-40(49)44-27-31-14-20-35(21-15-31)42-51-36(26-39(52-42)34-18-16-33(30-48)17-19-34)29-47-24-22-46(23-25-47)28-32-8-2-1-3-9-32/h1-5,8-11,14-21,36,39,42,48H,6-7,12-13,22-30,43H2,(H,44,49)(H,45,50)/t36-,39+,42+/m1/s1. The van der Waals surface area contributed by atoms with Gasteiger partial charge in [-0.25, -0.2) is 0 Å². The summed E-state index contributed by atoms with van der Waals surface area (Å²) in [5, 5.41) is 15.4. The second-order valence-corrected chi connectivity index (χ2v) is 13.8. The van der Waals surface area contributed by atoms with E-state index in [1.807, 2.05) is 60.7 Å². The van der Waals surface area contributed by atoms with Crippen molar-refractivity contribution in [1.82, 2.24) is 15.1 Å². The number of hydrogen-bond donors (Lipinski definition) is 4. The fourth-order valence-corrected chi connectivity index (χ4v) is 6.77. The van der Waals surface area contributed by atoms with Crippen molar-refractivity contribution < 1.29 is 24.2 Å². The lowest BCUT2D eigenvalue weighted by atomic mass is 9.99. The van der Waals surface area contributed by atoms with Gasteiger partial charge in [0, 0.05) is 70.6 Å². The maximum absolute atomic E-state index is 12.5. The zero-order valence-corrected chi connectivity index (χ0v) is 29.8. The molecule has 4 aromatic rings. The maximum Gasteiger partial charge on any atom is 0.224 e. The number of carbonyl (C=O) groups is 2. The molecule has 3 atom stereocenters. The molecule has 0 unspecified atom stereocenters. The molecule has 0 spiro atoms. The molecule has 0 bridgehead atoms. The Hall–Kier alpha value is -4.58. The molecule has 10 heteroatoms. The summed E-state index contributed by atoms with van der Waals surface area (Å²) < 4.78 is 13.2. The van der Waals surface area contributed by atoms with Crippen molar-refractivity contribution >= 4 is 23.2 Å². The lowest BCUT2D eigenvalue weighted by molar-refractivity contribution is -0.253. The van der Waals surface area contributed by atoms with Crippen molar-refractivity contribution in [3.63, 3.8) is 0 Å². The minimum atomic E-state index is -0.528. The number of carbonyl (C=O) groups excluding carboxylic acids is 2. The molecule has 0 saturated carbocycles. The van der Waals surface area contributed by atoms with Crippen LogP contribution in [-0.2, 0) is 38.8 Å². The molecule has 0 radical (unpaired) electrons. The van der Waals surface area contributed by atoms with Crippen LogP contribution in [0.25, 0.3) is 0 Å². The number of amides is 2. The van der Waals surface area contributed by atoms with Gasteiger partial charge >= 0.3 is 0 Å². The molecule has 2 aliphatic rings. The van der Waals surface area contributed by atoms with Crippen LogP contribution < -0.4 is 16.4 Å². The van der Waals surface area contributed by atoms with E-state index in [4.69, 9.17) is 15.2 Å². The quantitative estimate of drug-likeness (QED) is 0.0884. The summed E-state index contributed by atoms with van der Waals surface area (Å²) in [6.45, 7) is 6.26. The van der Waals surface area contributed by atoms with Gasteiger partial charge in [0.15, 0.2) is 6.29 Å². The highest BCUT2D eigenvalue weighted by atomic mass is 16.7. The first-order valence-corrected chi connectivity index (χ1v) is 18.4. The number of nitrogens with one attached hydrogen (secondary N) is 2. The third-order valence-corrected chi connectivity index (χ3v) is 9.82. The van der Waals surface area contributed by atoms with Crippen LogP contribution in [-0.4, -0.2) is 65.5 Å². The molecule has 4 aromatic carbocycles. The average Bonchev–Trinajstić information content (AvgIpc) is 3.18. The highest BCUT2D eigenvalue weighted by molar-refractivity contribution is 5.93. The van der Waals surface area contributed by atoms with Crippen LogP contribution in [0.3, 0.4) is 0 Å². The summed E-state index contributed by atoms with van der Waals surface area (Å²) >= 11 is 0. The number of rotatable bonds is 15. The largest absolute Gasteiger partial charge is 0.397 e. The number of unbranched alkanes of at least 4 members (excludes halogenated alkanes) is 1. The van der Waals surface area contributed by atoms with E-state index in [1.54, 1.807) is 12.1 Å². The number of piperazine rings is 1. The third kappa shape index (κ3) is 11.0. The number of nitrogens with two attached hydrogens (primary N) is 1. The van der Waals surface area contributed by atoms with E-state index in [0.29, 0.717) is 43.6 Å². The second-order valence-electron chi connectivity index (χ2n) is 13.8. The van der Waals surface area contributed by atoms with Crippen LogP contribution in [0, 0.1) is 0 Å². The predicted octanol–water partition coefficient (Wildman–Crippen LogP) is 5.94. The number of aliphatic hydroxyl groups is 1. The summed E-state index contributed by atoms with van der Waals surface area (Å²) in [6.07, 6.45) is 1.98. The number of anilines is 2. The number of para-hydroxylation sites is 2. The normalized spacial score (nSPS) is 19.6. The Balaban J connectivity index is 0.982. The maximum atomic E-state index is 12.5. The van der Waals surface area contributed by atoms with Crippen LogP contribution in [0.5, 0.6) is 0 Å². The molecule has 52 heavy (non-hydrogen) atoms. The van der Waals surface area contributed by atoms with Crippen LogP contribution in [0.1, 0.15) is 72.3 Å². The Labute approximate surface area is 306 Å². The molecule has 2 amide bonds. The van der Waals surface area contributed by atoms with E-state index in [2.05, 4.69) is 50.8 Å². The number of benzene rings is 4. The Morgan fingerprint density at radius 3 is 2.06 bits per heavy atom. The molecule has 2 saturated heterocycles. The summed E-state index contributed by atoms with van der Waals surface area (Å²) in [6, 6.07) is 33.8. The molecule has 2 aliphatic heterocycles. The Kier molecular flexibility index (Phi) is 13.4. The van der Waals surface area contributed by atoms with Crippen molar-refractivity contribution in [2.24, 2.45) is 0 Å². The van der Waals surface area contributed by atoms with E-state index in [0.717, 1.165) is 67.9 Å². The topological polar surface area (TPSA) is 129 Å². The van der Waals surface area contributed by atoms with Gasteiger partial charge in [0.05, 0.1) is 30.2 Å². The van der Waals surface area contributed by atoms with Crippen molar-refractivity contribution in [2.45, 2.75) is 70.3 Å². The molecule has 2 fully saturated rings. The first kappa shape index (κ1) is 37.2. The van der Waals surface area contributed by atoms with Crippen molar-refractivity contribution in [3.8, 4) is 0 Å². The summed E-state index contributed by atoms with van der Waals surface area (Å²) in [7, 11) is 0. The first-order valence-electron chi connectivity index (χ1n) is 18.4. The fourth-order valence-electron chi connectivity index (χ4n) is 6.77. The fraction of sp³-hybridized carbons (Fsp3) is 0.381. The van der Waals surface area contributed by atoms with Gasteiger partial charge in [-0.15, -0.1) is 0 Å². The van der Waals surface area contributed by atoms with Gasteiger partial charge in [-0.2, -0.15) is 0 Å². The van der Waals surface area contributed by atoms with Crippen LogP contribution in [0.4, 0.5) is 11.4 Å². The minimum Gasteiger partial charge on any atom is -0.397 e. The first-order chi connectivity index (χ1) is 25.4. The molecule has 6 rings (SSSR count). The van der Waals surface area contributed by atoms with Crippen molar-refractivity contribution in [3.05, 3.63) is 131 Å². The second kappa shape index (κ2) is 18.8. The van der Waals surface area contributed by atoms with Gasteiger partial charge in [-0.1, -0.05) is 91.0 Å². The lowest BCUT2D eigenvalue weighted by Gasteiger charge is -2.40. The molecule has 0 aromatic heterocycles. The Morgan fingerprint density at radius 1 is 0.712 bits per heavy atom. The highest BCUT2D eigenvalue weighted by Crippen LogP contribution is 2.38. The van der Waals surface area contributed by atoms with E-state index in [9.17, 15) is 14.7 Å². The van der Waals surface area contributed by atoms with Gasteiger partial charge in [0.25, 0.3) is 0 Å². The molecule has 10 nitrogen and oxygen atoms in total. The Bertz CT molecular complexity index is 1710. The van der Waals surface area contributed by atoms with Gasteiger partial charge in [-0.05, 0) is 47.2 Å². The van der Waals surface area contributed by atoms with E-state index < -0.39 is 6.29 Å². The zero-order valence-electron chi connectivity index (χ0n) is 29.8. The van der Waals surface area contributed by atoms with E-state index in [-0.39, 0.29) is 30.6 Å². The number of aliphatic hydroxyl groups excluding tert-OH is 1. The highest BCUT2D eigenvalue weighted by Gasteiger charge is 2.33. The lowest BCUT2D eigenvalue weighted by Crippen LogP contribution is -2.49. The predicted molar refractivity (Wildman–Crippen MR) is 203 cm³/mol. The average molecular weight is 706 g/mol.